The van der Waals surface area contributed by atoms with Crippen molar-refractivity contribution in [1.29, 1.82) is 0 Å². The Balaban J connectivity index is 1.85. The van der Waals surface area contributed by atoms with Crippen LogP contribution in [0.25, 0.3) is 0 Å². The molecule has 2 rings (SSSR count). The number of pyridine rings is 1. The smallest absolute Gasteiger partial charge is 0.409 e. The summed E-state index contributed by atoms with van der Waals surface area (Å²) >= 11 is 0. The van der Waals surface area contributed by atoms with Crippen molar-refractivity contribution in [3.8, 4) is 0 Å². The van der Waals surface area contributed by atoms with Crippen LogP contribution in [0.1, 0.15) is 5.69 Å². The van der Waals surface area contributed by atoms with Crippen molar-refractivity contribution in [2.75, 3.05) is 39.0 Å². The molecule has 0 radical (unpaired) electrons. The van der Waals surface area contributed by atoms with E-state index in [1.165, 1.54) is 13.3 Å². The van der Waals surface area contributed by atoms with Crippen molar-refractivity contribution in [2.45, 2.75) is 6.42 Å². The van der Waals surface area contributed by atoms with Gasteiger partial charge in [-0.25, -0.2) is 4.79 Å². The number of rotatable bonds is 2. The lowest BCUT2D eigenvalue weighted by Crippen LogP contribution is -2.51. The number of hydrogen-bond acceptors (Lipinski definition) is 5. The highest BCUT2D eigenvalue weighted by molar-refractivity contribution is 5.78. The molecule has 1 aromatic heterocycles. The van der Waals surface area contributed by atoms with Gasteiger partial charge in [0.25, 0.3) is 0 Å². The highest BCUT2D eigenvalue weighted by atomic mass is 16.5. The number of carbonyl (C=O) groups excluding carboxylic acids is 2. The number of amides is 2. The topological polar surface area (TPSA) is 88.8 Å². The third-order valence-corrected chi connectivity index (χ3v) is 3.25. The molecule has 7 heteroatoms. The number of carbonyl (C=O) groups is 2. The molecule has 1 aromatic rings. The van der Waals surface area contributed by atoms with E-state index >= 15 is 0 Å². The molecule has 0 saturated carbocycles. The first-order valence-corrected chi connectivity index (χ1v) is 6.41. The summed E-state index contributed by atoms with van der Waals surface area (Å²) < 4.78 is 4.65. The van der Waals surface area contributed by atoms with E-state index in [-0.39, 0.29) is 18.4 Å². The summed E-state index contributed by atoms with van der Waals surface area (Å²) in [5.41, 5.74) is 6.82. The number of methoxy groups -OCH3 is 1. The lowest BCUT2D eigenvalue weighted by atomic mass is 10.2. The van der Waals surface area contributed by atoms with Crippen molar-refractivity contribution < 1.29 is 14.3 Å². The Labute approximate surface area is 117 Å². The Bertz CT molecular complexity index is 481. The molecular weight excluding hydrogens is 260 g/mol. The minimum Gasteiger partial charge on any atom is -0.453 e. The van der Waals surface area contributed by atoms with Crippen molar-refractivity contribution in [3.05, 3.63) is 24.0 Å². The van der Waals surface area contributed by atoms with Crippen molar-refractivity contribution in [2.24, 2.45) is 0 Å². The second kappa shape index (κ2) is 6.23. The van der Waals surface area contributed by atoms with Crippen molar-refractivity contribution in [1.82, 2.24) is 14.8 Å². The summed E-state index contributed by atoms with van der Waals surface area (Å²) in [5.74, 6) is 0.00628. The Hall–Kier alpha value is -2.31. The van der Waals surface area contributed by atoms with Crippen LogP contribution in [0.4, 0.5) is 10.5 Å². The van der Waals surface area contributed by atoms with Crippen LogP contribution >= 0.6 is 0 Å². The maximum Gasteiger partial charge on any atom is 0.409 e. The minimum atomic E-state index is -0.350. The number of ether oxygens (including phenoxy) is 1. The maximum atomic E-state index is 12.1. The van der Waals surface area contributed by atoms with E-state index < -0.39 is 0 Å². The molecule has 0 aliphatic carbocycles. The molecule has 108 valence electrons. The molecule has 0 spiro atoms. The second-order valence-electron chi connectivity index (χ2n) is 4.60. The van der Waals surface area contributed by atoms with Gasteiger partial charge in [-0.15, -0.1) is 0 Å². The van der Waals surface area contributed by atoms with Crippen LogP contribution in [0.5, 0.6) is 0 Å². The Morgan fingerprint density at radius 3 is 2.45 bits per heavy atom. The highest BCUT2D eigenvalue weighted by Crippen LogP contribution is 2.07. The zero-order valence-electron chi connectivity index (χ0n) is 11.4. The van der Waals surface area contributed by atoms with Gasteiger partial charge in [-0.1, -0.05) is 0 Å². The Morgan fingerprint density at radius 1 is 1.25 bits per heavy atom. The zero-order chi connectivity index (χ0) is 14.5. The molecule has 7 nitrogen and oxygen atoms in total. The number of hydrogen-bond donors (Lipinski definition) is 1. The molecule has 1 saturated heterocycles. The van der Waals surface area contributed by atoms with E-state index in [4.69, 9.17) is 5.73 Å². The molecule has 2 N–H and O–H groups in total. The van der Waals surface area contributed by atoms with Gasteiger partial charge < -0.3 is 20.3 Å². The molecule has 1 aliphatic heterocycles. The molecule has 1 aliphatic rings. The monoisotopic (exact) mass is 278 g/mol. The normalized spacial score (nSPS) is 15.1. The molecule has 2 amide bonds. The second-order valence-corrected chi connectivity index (χ2v) is 4.60. The van der Waals surface area contributed by atoms with Crippen molar-refractivity contribution in [3.63, 3.8) is 0 Å². The van der Waals surface area contributed by atoms with Crippen LogP contribution in [-0.4, -0.2) is 60.1 Å². The molecular formula is C13H18N4O3. The molecule has 0 aromatic carbocycles. The Morgan fingerprint density at radius 2 is 1.90 bits per heavy atom. The Kier molecular flexibility index (Phi) is 4.39. The van der Waals surface area contributed by atoms with Gasteiger partial charge in [0.1, 0.15) is 0 Å². The summed E-state index contributed by atoms with van der Waals surface area (Å²) in [5, 5.41) is 0. The van der Waals surface area contributed by atoms with E-state index in [9.17, 15) is 9.59 Å². The van der Waals surface area contributed by atoms with Crippen LogP contribution in [-0.2, 0) is 16.0 Å². The molecule has 1 fully saturated rings. The number of nitrogens with two attached hydrogens (primary N) is 1. The summed E-state index contributed by atoms with van der Waals surface area (Å²) in [6, 6.07) is 3.47. The van der Waals surface area contributed by atoms with E-state index in [0.717, 1.165) is 0 Å². The third-order valence-electron chi connectivity index (χ3n) is 3.25. The molecule has 0 atom stereocenters. The minimum absolute atomic E-state index is 0.00628. The largest absolute Gasteiger partial charge is 0.453 e. The van der Waals surface area contributed by atoms with Gasteiger partial charge in [0.15, 0.2) is 0 Å². The average Bonchev–Trinajstić information content (AvgIpc) is 2.49. The molecule has 0 unspecified atom stereocenters. The van der Waals surface area contributed by atoms with Crippen LogP contribution in [0.3, 0.4) is 0 Å². The zero-order valence-corrected chi connectivity index (χ0v) is 11.4. The third kappa shape index (κ3) is 3.37. The molecule has 2 heterocycles. The predicted molar refractivity (Wildman–Crippen MR) is 72.9 cm³/mol. The van der Waals surface area contributed by atoms with Gasteiger partial charge in [-0.2, -0.15) is 0 Å². The van der Waals surface area contributed by atoms with Crippen molar-refractivity contribution >= 4 is 17.7 Å². The fourth-order valence-electron chi connectivity index (χ4n) is 2.07. The summed E-state index contributed by atoms with van der Waals surface area (Å²) in [6.45, 7) is 2.02. The number of aromatic nitrogens is 1. The van der Waals surface area contributed by atoms with Gasteiger partial charge in [-0.05, 0) is 12.1 Å². The highest BCUT2D eigenvalue weighted by Gasteiger charge is 2.24. The lowest BCUT2D eigenvalue weighted by Gasteiger charge is -2.33. The number of nitrogens with zero attached hydrogens (tertiary/aromatic N) is 3. The van der Waals surface area contributed by atoms with Crippen LogP contribution in [0.15, 0.2) is 18.3 Å². The predicted octanol–water partition coefficient (Wildman–Crippen LogP) is 0.117. The van der Waals surface area contributed by atoms with Crippen LogP contribution < -0.4 is 5.73 Å². The fraction of sp³-hybridized carbons (Fsp3) is 0.462. The first-order chi connectivity index (χ1) is 9.60. The fourth-order valence-corrected chi connectivity index (χ4v) is 2.07. The number of piperazine rings is 1. The SMILES string of the molecule is COC(=O)N1CCN(C(=O)Cc2ccc(N)cn2)CC1. The van der Waals surface area contributed by atoms with E-state index in [1.807, 2.05) is 0 Å². The quantitative estimate of drug-likeness (QED) is 0.830. The van der Waals surface area contributed by atoms with Gasteiger partial charge in [0.05, 0.1) is 25.4 Å². The van der Waals surface area contributed by atoms with Gasteiger partial charge in [0.2, 0.25) is 5.91 Å². The van der Waals surface area contributed by atoms with Gasteiger partial charge >= 0.3 is 6.09 Å². The van der Waals surface area contributed by atoms with Gasteiger partial charge in [-0.3, -0.25) is 9.78 Å². The first kappa shape index (κ1) is 14.1. The van der Waals surface area contributed by atoms with Gasteiger partial charge in [0, 0.05) is 31.9 Å². The molecule has 20 heavy (non-hydrogen) atoms. The summed E-state index contributed by atoms with van der Waals surface area (Å²) in [6.07, 6.45) is 1.44. The van der Waals surface area contributed by atoms with E-state index in [0.29, 0.717) is 37.6 Å². The summed E-state index contributed by atoms with van der Waals surface area (Å²) in [7, 11) is 1.35. The van der Waals surface area contributed by atoms with Crippen LogP contribution in [0.2, 0.25) is 0 Å². The summed E-state index contributed by atoms with van der Waals surface area (Å²) in [4.78, 5) is 30.9. The lowest BCUT2D eigenvalue weighted by molar-refractivity contribution is -0.132. The number of nitrogen functional groups attached to an aromatic ring is 1. The van der Waals surface area contributed by atoms with Crippen LogP contribution in [0, 0.1) is 0 Å². The number of anilines is 1. The first-order valence-electron chi connectivity index (χ1n) is 6.41. The maximum absolute atomic E-state index is 12.1. The van der Waals surface area contributed by atoms with E-state index in [2.05, 4.69) is 9.72 Å². The molecule has 0 bridgehead atoms. The average molecular weight is 278 g/mol. The van der Waals surface area contributed by atoms with E-state index in [1.54, 1.807) is 21.9 Å². The standard InChI is InChI=1S/C13H18N4O3/c1-20-13(19)17-6-4-16(5-7-17)12(18)8-11-3-2-10(14)9-15-11/h2-3,9H,4-8,14H2,1H3.